The van der Waals surface area contributed by atoms with Gasteiger partial charge >= 0.3 is 12.2 Å². The van der Waals surface area contributed by atoms with E-state index >= 15 is 0 Å². The predicted molar refractivity (Wildman–Crippen MR) is 112 cm³/mol. The molecule has 0 bridgehead atoms. The number of hydrogen-bond acceptors (Lipinski definition) is 5. The number of benzene rings is 1. The van der Waals surface area contributed by atoms with Crippen molar-refractivity contribution in [2.24, 2.45) is 0 Å². The minimum absolute atomic E-state index is 0.444. The van der Waals surface area contributed by atoms with Crippen molar-refractivity contribution < 1.29 is 19.1 Å². The second-order valence-corrected chi connectivity index (χ2v) is 8.98. The molecule has 4 rings (SSSR count). The van der Waals surface area contributed by atoms with Crippen molar-refractivity contribution >= 4 is 29.2 Å². The van der Waals surface area contributed by atoms with Crippen LogP contribution in [0.5, 0.6) is 0 Å². The Morgan fingerprint density at radius 1 is 1.21 bits per heavy atom. The molecule has 3 aromatic rings. The van der Waals surface area contributed by atoms with Crippen molar-refractivity contribution in [2.75, 3.05) is 5.32 Å². The summed E-state index contributed by atoms with van der Waals surface area (Å²) in [6.07, 6.45) is 0.749. The van der Waals surface area contributed by atoms with Crippen LogP contribution in [0.2, 0.25) is 0 Å². The van der Waals surface area contributed by atoms with Gasteiger partial charge in [-0.3, -0.25) is 9.88 Å². The molecule has 1 N–H and O–H groups in total. The number of nitrogens with zero attached hydrogens (tertiary/aromatic N) is 1. The third-order valence-electron chi connectivity index (χ3n) is 4.69. The Morgan fingerprint density at radius 2 is 2.00 bits per heavy atom. The molecular formula is C22H22N2O4S. The molecule has 0 fully saturated rings. The highest BCUT2D eigenvalue weighted by atomic mass is 32.1. The fourth-order valence-electron chi connectivity index (χ4n) is 3.40. The van der Waals surface area contributed by atoms with Gasteiger partial charge in [0.25, 0.3) is 0 Å². The third-order valence-corrected chi connectivity index (χ3v) is 5.77. The van der Waals surface area contributed by atoms with E-state index in [0.29, 0.717) is 11.4 Å². The summed E-state index contributed by atoms with van der Waals surface area (Å²) in [7, 11) is 0. The topological polar surface area (TPSA) is 69.6 Å². The number of nitrogens with one attached hydrogen (secondary N) is 1. The number of ether oxygens (including phenoxy) is 2. The molecule has 1 aliphatic rings. The van der Waals surface area contributed by atoms with Crippen molar-refractivity contribution in [1.29, 1.82) is 0 Å². The molecular weight excluding hydrogens is 388 g/mol. The SMILES string of the molecule is CC(C)(C)OC(=O)n1cccc1-c1ccc2c(c1)C(C)(c1cccs1)OC(=O)N2. The highest BCUT2D eigenvalue weighted by Crippen LogP contribution is 2.44. The number of thiophene rings is 1. The molecule has 7 heteroatoms. The van der Waals surface area contributed by atoms with E-state index in [9.17, 15) is 9.59 Å². The van der Waals surface area contributed by atoms with Gasteiger partial charge in [-0.25, -0.2) is 9.59 Å². The first-order valence-electron chi connectivity index (χ1n) is 9.27. The monoisotopic (exact) mass is 410 g/mol. The van der Waals surface area contributed by atoms with Crippen LogP contribution in [0.25, 0.3) is 11.3 Å². The molecule has 29 heavy (non-hydrogen) atoms. The minimum atomic E-state index is -0.912. The van der Waals surface area contributed by atoms with Gasteiger partial charge < -0.3 is 9.47 Å². The zero-order valence-corrected chi connectivity index (χ0v) is 17.5. The van der Waals surface area contributed by atoms with Crippen LogP contribution in [0.15, 0.2) is 54.0 Å². The van der Waals surface area contributed by atoms with E-state index in [4.69, 9.17) is 9.47 Å². The molecule has 6 nitrogen and oxygen atoms in total. The number of rotatable bonds is 2. The van der Waals surface area contributed by atoms with Gasteiger partial charge in [0.2, 0.25) is 0 Å². The lowest BCUT2D eigenvalue weighted by Crippen LogP contribution is -2.37. The van der Waals surface area contributed by atoms with Crippen LogP contribution in [0, 0.1) is 0 Å². The van der Waals surface area contributed by atoms with Gasteiger partial charge in [-0.15, -0.1) is 11.3 Å². The predicted octanol–water partition coefficient (Wildman–Crippen LogP) is 5.83. The van der Waals surface area contributed by atoms with Gasteiger partial charge in [-0.1, -0.05) is 12.1 Å². The normalized spacial score (nSPS) is 18.6. The number of carbonyl (C=O) groups excluding carboxylic acids is 2. The van der Waals surface area contributed by atoms with Crippen LogP contribution >= 0.6 is 11.3 Å². The van der Waals surface area contributed by atoms with Crippen LogP contribution in [-0.4, -0.2) is 22.4 Å². The summed E-state index contributed by atoms with van der Waals surface area (Å²) in [4.78, 5) is 25.7. The second kappa shape index (κ2) is 6.77. The Hall–Kier alpha value is -3.06. The quantitative estimate of drug-likeness (QED) is 0.577. The maximum Gasteiger partial charge on any atom is 0.418 e. The zero-order valence-electron chi connectivity index (χ0n) is 16.7. The van der Waals surface area contributed by atoms with Gasteiger partial charge in [-0.2, -0.15) is 0 Å². The first kappa shape index (κ1) is 19.3. The Bertz CT molecular complexity index is 1080. The molecule has 1 amide bonds. The van der Waals surface area contributed by atoms with Crippen LogP contribution in [0.1, 0.15) is 38.1 Å². The summed E-state index contributed by atoms with van der Waals surface area (Å²) in [5, 5.41) is 4.72. The van der Waals surface area contributed by atoms with E-state index in [0.717, 1.165) is 16.0 Å². The summed E-state index contributed by atoms with van der Waals surface area (Å²) < 4.78 is 12.7. The Balaban J connectivity index is 1.80. The lowest BCUT2D eigenvalue weighted by Gasteiger charge is -2.35. The fourth-order valence-corrected chi connectivity index (χ4v) is 4.24. The molecule has 0 aliphatic carbocycles. The fraction of sp³-hybridized carbons (Fsp3) is 0.273. The molecule has 0 saturated carbocycles. The average molecular weight is 410 g/mol. The number of aromatic nitrogens is 1. The summed E-state index contributed by atoms with van der Waals surface area (Å²) in [5.74, 6) is 0. The van der Waals surface area contributed by atoms with E-state index in [1.54, 1.807) is 12.3 Å². The minimum Gasteiger partial charge on any atom is -0.443 e. The highest BCUT2D eigenvalue weighted by molar-refractivity contribution is 7.10. The van der Waals surface area contributed by atoms with Crippen LogP contribution in [-0.2, 0) is 15.1 Å². The first-order valence-corrected chi connectivity index (χ1v) is 10.1. The second-order valence-electron chi connectivity index (χ2n) is 8.03. The van der Waals surface area contributed by atoms with Crippen molar-refractivity contribution in [3.8, 4) is 11.3 Å². The molecule has 1 aromatic carbocycles. The van der Waals surface area contributed by atoms with Gasteiger partial charge in [0, 0.05) is 11.8 Å². The molecule has 1 unspecified atom stereocenters. The average Bonchev–Trinajstić information content (AvgIpc) is 3.32. The van der Waals surface area contributed by atoms with E-state index in [-0.39, 0.29) is 0 Å². The molecule has 3 heterocycles. The molecule has 0 spiro atoms. The summed E-state index contributed by atoms with van der Waals surface area (Å²) >= 11 is 1.53. The van der Waals surface area contributed by atoms with Gasteiger partial charge in [-0.05, 0) is 69.0 Å². The highest BCUT2D eigenvalue weighted by Gasteiger charge is 2.40. The van der Waals surface area contributed by atoms with Gasteiger partial charge in [0.1, 0.15) is 5.60 Å². The number of hydrogen-bond donors (Lipinski definition) is 1. The molecule has 2 aromatic heterocycles. The Morgan fingerprint density at radius 3 is 2.69 bits per heavy atom. The van der Waals surface area contributed by atoms with E-state index in [1.807, 2.05) is 69.5 Å². The maximum absolute atomic E-state index is 12.6. The molecule has 0 radical (unpaired) electrons. The third kappa shape index (κ3) is 3.53. The maximum atomic E-state index is 12.6. The summed E-state index contributed by atoms with van der Waals surface area (Å²) in [5.41, 5.74) is 1.54. The zero-order chi connectivity index (χ0) is 20.8. The summed E-state index contributed by atoms with van der Waals surface area (Å²) in [6.45, 7) is 7.38. The van der Waals surface area contributed by atoms with E-state index in [2.05, 4.69) is 5.32 Å². The van der Waals surface area contributed by atoms with Crippen LogP contribution < -0.4 is 5.32 Å². The lowest BCUT2D eigenvalue weighted by atomic mass is 9.89. The number of fused-ring (bicyclic) bond motifs is 1. The van der Waals surface area contributed by atoms with Crippen LogP contribution in [0.4, 0.5) is 15.3 Å². The number of cyclic esters (lactones) is 1. The standard InChI is InChI=1S/C22H22N2O4S/c1-21(2,3)28-20(26)24-11-5-7-17(24)14-9-10-16-15(13-14)22(4,27-19(25)23-16)18-8-6-12-29-18/h5-13H,1-4H3,(H,23,25). The Kier molecular flexibility index (Phi) is 4.50. The van der Waals surface area contributed by atoms with Crippen LogP contribution in [0.3, 0.4) is 0 Å². The van der Waals surface area contributed by atoms with Crippen molar-refractivity contribution in [3.63, 3.8) is 0 Å². The van der Waals surface area contributed by atoms with Crippen molar-refractivity contribution in [1.82, 2.24) is 4.57 Å². The van der Waals surface area contributed by atoms with Gasteiger partial charge in [0.05, 0.1) is 16.3 Å². The lowest BCUT2D eigenvalue weighted by molar-refractivity contribution is 0.0539. The van der Waals surface area contributed by atoms with Gasteiger partial charge in [0.15, 0.2) is 5.60 Å². The number of amides is 1. The van der Waals surface area contributed by atoms with Crippen molar-refractivity contribution in [2.45, 2.75) is 38.9 Å². The molecule has 1 aliphatic heterocycles. The number of anilines is 1. The molecule has 150 valence electrons. The van der Waals surface area contributed by atoms with E-state index < -0.39 is 23.4 Å². The van der Waals surface area contributed by atoms with E-state index in [1.165, 1.54) is 15.9 Å². The smallest absolute Gasteiger partial charge is 0.418 e. The Labute approximate surface area is 173 Å². The molecule has 0 saturated heterocycles. The van der Waals surface area contributed by atoms with Crippen molar-refractivity contribution in [3.05, 3.63) is 64.5 Å². The molecule has 1 atom stereocenters. The number of carbonyl (C=O) groups is 2. The largest absolute Gasteiger partial charge is 0.443 e. The first-order chi connectivity index (χ1) is 13.7. The summed E-state index contributed by atoms with van der Waals surface area (Å²) in [6, 6.07) is 13.2.